The minimum absolute atomic E-state index is 0.0699. The molecule has 4 aromatic carbocycles. The van der Waals surface area contributed by atoms with Crippen molar-refractivity contribution in [3.63, 3.8) is 0 Å². The van der Waals surface area contributed by atoms with E-state index in [0.717, 1.165) is 39.7 Å². The average molecular weight is 774 g/mol. The zero-order chi connectivity index (χ0) is 38.9. The molecule has 55 heavy (non-hydrogen) atoms. The van der Waals surface area contributed by atoms with Crippen LogP contribution in [0.1, 0.15) is 49.2 Å². The normalized spacial score (nSPS) is 13.3. The first-order valence-electron chi connectivity index (χ1n) is 17.8. The minimum atomic E-state index is -0.545. The predicted octanol–water partition coefficient (Wildman–Crippen LogP) is 7.69. The summed E-state index contributed by atoms with van der Waals surface area (Å²) >= 11 is 2.74. The molecule has 0 aliphatic carbocycles. The van der Waals surface area contributed by atoms with Gasteiger partial charge in [0.2, 0.25) is 5.91 Å². The van der Waals surface area contributed by atoms with Gasteiger partial charge in [-0.2, -0.15) is 0 Å². The number of hydrogen-bond acceptors (Lipinski definition) is 9. The summed E-state index contributed by atoms with van der Waals surface area (Å²) in [6.45, 7) is 4.05. The molecule has 3 amide bonds. The highest BCUT2D eigenvalue weighted by atomic mass is 32.2. The first kappa shape index (κ1) is 39.0. The Balaban J connectivity index is 1.14. The van der Waals surface area contributed by atoms with Gasteiger partial charge in [0.05, 0.1) is 17.9 Å². The van der Waals surface area contributed by atoms with Crippen molar-refractivity contribution in [1.82, 2.24) is 10.2 Å². The second-order valence-electron chi connectivity index (χ2n) is 13.2. The van der Waals surface area contributed by atoms with Crippen molar-refractivity contribution < 1.29 is 23.9 Å². The van der Waals surface area contributed by atoms with E-state index in [0.29, 0.717) is 34.8 Å². The van der Waals surface area contributed by atoms with Crippen LogP contribution in [0.3, 0.4) is 0 Å². The number of rotatable bonds is 13. The van der Waals surface area contributed by atoms with Crippen LogP contribution in [-0.4, -0.2) is 61.6 Å². The van der Waals surface area contributed by atoms with Gasteiger partial charge in [-0.25, -0.2) is 4.79 Å². The number of amides is 3. The number of methoxy groups -OCH3 is 1. The third-order valence-corrected chi connectivity index (χ3v) is 11.3. The van der Waals surface area contributed by atoms with E-state index < -0.39 is 23.0 Å². The molecule has 1 unspecified atom stereocenters. The lowest BCUT2D eigenvalue weighted by Crippen LogP contribution is -2.30. The lowest BCUT2D eigenvalue weighted by Gasteiger charge is -2.27. The summed E-state index contributed by atoms with van der Waals surface area (Å²) in [5, 5.41) is 8.64. The summed E-state index contributed by atoms with van der Waals surface area (Å²) in [5.41, 5.74) is 5.29. The van der Waals surface area contributed by atoms with Gasteiger partial charge in [0.25, 0.3) is 11.8 Å². The summed E-state index contributed by atoms with van der Waals surface area (Å²) in [6, 6.07) is 33.7. The van der Waals surface area contributed by atoms with Gasteiger partial charge >= 0.3 is 5.97 Å². The van der Waals surface area contributed by atoms with E-state index in [2.05, 4.69) is 33.0 Å². The number of nitrogens with zero attached hydrogens (tertiary/aromatic N) is 2. The van der Waals surface area contributed by atoms with E-state index in [4.69, 9.17) is 4.74 Å². The standard InChI is InChI=1S/C43H43N5O5S2/c1-28(39(49)46-42-38(43(52)53-4)35-22-23-48(27-37(35)55-42)26-30-12-7-5-8-13-30)54-34-17-11-16-32(25-34)44-41(51)36(45-40(50)31-14-9-6-10-15-31)24-29-18-20-33(21-19-29)47(2)3/h5-21,24-25,28H,22-23,26-27H2,1-4H3,(H,44,51)(H,45,50)(H,46,49)/b36-24+. The Hall–Kier alpha value is -5.69. The van der Waals surface area contributed by atoms with Gasteiger partial charge < -0.3 is 25.6 Å². The van der Waals surface area contributed by atoms with E-state index in [9.17, 15) is 19.2 Å². The molecule has 0 spiro atoms. The van der Waals surface area contributed by atoms with E-state index in [1.165, 1.54) is 35.8 Å². The molecular weight excluding hydrogens is 731 g/mol. The van der Waals surface area contributed by atoms with Crippen molar-refractivity contribution in [2.75, 3.05) is 43.3 Å². The van der Waals surface area contributed by atoms with Gasteiger partial charge in [0, 0.05) is 60.4 Å². The Bertz CT molecular complexity index is 2190. The van der Waals surface area contributed by atoms with Gasteiger partial charge in [0.15, 0.2) is 0 Å². The SMILES string of the molecule is COC(=O)c1c(NC(=O)C(C)Sc2cccc(NC(=O)/C(=C\c3ccc(N(C)C)cc3)NC(=O)c3ccccc3)c2)sc2c1CCN(Cc1ccccc1)C2. The molecule has 1 aliphatic rings. The molecule has 0 saturated heterocycles. The molecule has 0 radical (unpaired) electrons. The van der Waals surface area contributed by atoms with Gasteiger partial charge in [-0.05, 0) is 78.6 Å². The van der Waals surface area contributed by atoms with E-state index >= 15 is 0 Å². The molecule has 0 fully saturated rings. The average Bonchev–Trinajstić information content (AvgIpc) is 3.55. The van der Waals surface area contributed by atoms with Crippen molar-refractivity contribution in [3.05, 3.63) is 148 Å². The van der Waals surface area contributed by atoms with Crippen molar-refractivity contribution in [1.29, 1.82) is 0 Å². The number of benzene rings is 4. The maximum atomic E-state index is 13.7. The first-order valence-corrected chi connectivity index (χ1v) is 19.5. The third kappa shape index (κ3) is 10.1. The van der Waals surface area contributed by atoms with Crippen LogP contribution in [0, 0.1) is 0 Å². The van der Waals surface area contributed by atoms with Crippen LogP contribution in [0.5, 0.6) is 0 Å². The topological polar surface area (TPSA) is 120 Å². The van der Waals surface area contributed by atoms with Crippen molar-refractivity contribution in [2.24, 2.45) is 0 Å². The van der Waals surface area contributed by atoms with E-state index in [1.807, 2.05) is 73.6 Å². The van der Waals surface area contributed by atoms with Gasteiger partial charge in [-0.1, -0.05) is 66.7 Å². The molecule has 1 atom stereocenters. The maximum absolute atomic E-state index is 13.7. The number of carbonyl (C=O) groups is 4. The minimum Gasteiger partial charge on any atom is -0.465 e. The van der Waals surface area contributed by atoms with Gasteiger partial charge in [-0.15, -0.1) is 23.1 Å². The maximum Gasteiger partial charge on any atom is 0.341 e. The second kappa shape index (κ2) is 18.1. The van der Waals surface area contributed by atoms with Crippen LogP contribution in [-0.2, 0) is 33.8 Å². The molecule has 5 aromatic rings. The molecule has 282 valence electrons. The van der Waals surface area contributed by atoms with Crippen molar-refractivity contribution >= 4 is 69.2 Å². The fraction of sp³-hybridized carbons (Fsp3) is 0.209. The Morgan fingerprint density at radius 3 is 2.31 bits per heavy atom. The molecule has 1 aliphatic heterocycles. The van der Waals surface area contributed by atoms with Gasteiger partial charge in [0.1, 0.15) is 10.7 Å². The van der Waals surface area contributed by atoms with E-state index in [-0.39, 0.29) is 11.6 Å². The molecule has 0 bridgehead atoms. The van der Waals surface area contributed by atoms with E-state index in [1.54, 1.807) is 55.5 Å². The number of nitrogens with one attached hydrogen (secondary N) is 3. The number of carbonyl (C=O) groups excluding carboxylic acids is 4. The van der Waals surface area contributed by atoms with Crippen LogP contribution in [0.15, 0.2) is 120 Å². The highest BCUT2D eigenvalue weighted by Crippen LogP contribution is 2.38. The quantitative estimate of drug-likeness (QED) is 0.0634. The fourth-order valence-corrected chi connectivity index (χ4v) is 8.34. The molecule has 3 N–H and O–H groups in total. The zero-order valence-corrected chi connectivity index (χ0v) is 32.8. The Morgan fingerprint density at radius 1 is 0.909 bits per heavy atom. The number of ether oxygens (including phenoxy) is 1. The zero-order valence-electron chi connectivity index (χ0n) is 31.1. The van der Waals surface area contributed by atoms with Crippen molar-refractivity contribution in [2.45, 2.75) is 36.6 Å². The lowest BCUT2D eigenvalue weighted by molar-refractivity contribution is -0.115. The summed E-state index contributed by atoms with van der Waals surface area (Å²) in [6.07, 6.45) is 2.31. The summed E-state index contributed by atoms with van der Waals surface area (Å²) in [5.74, 6) is -1.65. The third-order valence-electron chi connectivity index (χ3n) is 9.03. The van der Waals surface area contributed by atoms with Crippen LogP contribution < -0.4 is 20.9 Å². The summed E-state index contributed by atoms with van der Waals surface area (Å²) < 4.78 is 5.15. The van der Waals surface area contributed by atoms with Crippen LogP contribution in [0.25, 0.3) is 6.08 Å². The monoisotopic (exact) mass is 773 g/mol. The number of fused-ring (bicyclic) bond motifs is 1. The molecule has 1 aromatic heterocycles. The first-order chi connectivity index (χ1) is 26.6. The van der Waals surface area contributed by atoms with Crippen LogP contribution >= 0.6 is 23.1 Å². The Morgan fingerprint density at radius 2 is 1.62 bits per heavy atom. The largest absolute Gasteiger partial charge is 0.465 e. The molecule has 12 heteroatoms. The van der Waals surface area contributed by atoms with Crippen molar-refractivity contribution in [3.8, 4) is 0 Å². The molecule has 2 heterocycles. The lowest BCUT2D eigenvalue weighted by atomic mass is 10.0. The number of hydrogen-bond donors (Lipinski definition) is 3. The highest BCUT2D eigenvalue weighted by molar-refractivity contribution is 8.00. The Kier molecular flexibility index (Phi) is 12.8. The van der Waals surface area contributed by atoms with Gasteiger partial charge in [-0.3, -0.25) is 19.3 Å². The smallest absolute Gasteiger partial charge is 0.341 e. The Labute approximate surface area is 329 Å². The highest BCUT2D eigenvalue weighted by Gasteiger charge is 2.30. The summed E-state index contributed by atoms with van der Waals surface area (Å²) in [7, 11) is 5.24. The van der Waals surface area contributed by atoms with Crippen LogP contribution in [0.4, 0.5) is 16.4 Å². The number of esters is 1. The molecule has 6 rings (SSSR count). The molecular formula is C43H43N5O5S2. The second-order valence-corrected chi connectivity index (χ2v) is 15.8. The number of thiophene rings is 1. The fourth-order valence-electron chi connectivity index (χ4n) is 6.13. The molecule has 10 nitrogen and oxygen atoms in total. The summed E-state index contributed by atoms with van der Waals surface area (Å²) in [4.78, 5) is 59.5. The predicted molar refractivity (Wildman–Crippen MR) is 222 cm³/mol. The number of anilines is 3. The van der Waals surface area contributed by atoms with Crippen LogP contribution in [0.2, 0.25) is 0 Å². The number of thioether (sulfide) groups is 1. The molecule has 0 saturated carbocycles.